The molecule has 2 nitrogen and oxygen atoms in total. The van der Waals surface area contributed by atoms with Crippen LogP contribution in [0.1, 0.15) is 78.6 Å². The van der Waals surface area contributed by atoms with E-state index in [1.807, 2.05) is 12.2 Å². The lowest BCUT2D eigenvalue weighted by Crippen LogP contribution is -1.83. The molecule has 0 amide bonds. The smallest absolute Gasteiger partial charge is 0.0614 e. The minimum absolute atomic E-state index is 0.167. The second-order valence-corrected chi connectivity index (χ2v) is 5.98. The molecule has 0 spiro atoms. The molecular formula is C20H38O2. The highest BCUT2D eigenvalue weighted by Gasteiger charge is 1.88. The first-order valence-corrected chi connectivity index (χ1v) is 8.70. The highest BCUT2D eigenvalue weighted by atomic mass is 16.3. The lowest BCUT2D eigenvalue weighted by molar-refractivity contribution is 0.282. The van der Waals surface area contributed by atoms with E-state index in [2.05, 4.69) is 33.4 Å². The third kappa shape index (κ3) is 24.2. The number of aliphatic hydroxyl groups excluding tert-OH is 2. The van der Waals surface area contributed by atoms with Crippen LogP contribution < -0.4 is 0 Å². The normalized spacial score (nSPS) is 10.7. The van der Waals surface area contributed by atoms with Crippen LogP contribution in [0, 0.1) is 0 Å². The Hall–Kier alpha value is -0.860. The van der Waals surface area contributed by atoms with Crippen molar-refractivity contribution < 1.29 is 10.2 Å². The number of aliphatic hydroxyl groups is 2. The van der Waals surface area contributed by atoms with Crippen LogP contribution in [0.3, 0.4) is 0 Å². The average molecular weight is 311 g/mol. The fraction of sp³-hybridized carbons (Fsp3) is 0.700. The lowest BCUT2D eigenvalue weighted by atomic mass is 10.1. The Labute approximate surface area is 138 Å². The third-order valence-corrected chi connectivity index (χ3v) is 3.35. The molecule has 2 heteroatoms. The van der Waals surface area contributed by atoms with Gasteiger partial charge in [-0.15, -0.1) is 6.58 Å². The zero-order chi connectivity index (χ0) is 17.1. The molecule has 0 fully saturated rings. The summed E-state index contributed by atoms with van der Waals surface area (Å²) in [6.07, 6.45) is 16.7. The molecule has 0 aromatic rings. The van der Waals surface area contributed by atoms with Gasteiger partial charge in [0.25, 0.3) is 0 Å². The summed E-state index contributed by atoms with van der Waals surface area (Å²) in [5.74, 6) is 0. The molecule has 0 aromatic carbocycles. The molecule has 0 saturated carbocycles. The van der Waals surface area contributed by atoms with Crippen molar-refractivity contribution in [3.8, 4) is 0 Å². The fourth-order valence-electron chi connectivity index (χ4n) is 1.95. The van der Waals surface area contributed by atoms with Gasteiger partial charge in [-0.05, 0) is 52.9 Å². The summed E-state index contributed by atoms with van der Waals surface area (Å²) in [6, 6.07) is 0. The summed E-state index contributed by atoms with van der Waals surface area (Å²) in [4.78, 5) is 0. The van der Waals surface area contributed by atoms with Crippen LogP contribution in [0.2, 0.25) is 0 Å². The van der Waals surface area contributed by atoms with Crippen LogP contribution in [0.25, 0.3) is 0 Å². The maximum absolute atomic E-state index is 8.55. The van der Waals surface area contributed by atoms with Crippen molar-refractivity contribution >= 4 is 0 Å². The highest BCUT2D eigenvalue weighted by molar-refractivity contribution is 5.01. The second kappa shape index (κ2) is 20.1. The Morgan fingerprint density at radius 2 is 1.41 bits per heavy atom. The summed E-state index contributed by atoms with van der Waals surface area (Å²) in [5, 5.41) is 17.0. The first-order chi connectivity index (χ1) is 10.6. The van der Waals surface area contributed by atoms with E-state index in [0.717, 1.165) is 25.7 Å². The monoisotopic (exact) mass is 310 g/mol. The summed E-state index contributed by atoms with van der Waals surface area (Å²) in [5.41, 5.74) is 2.63. The Bertz CT molecular complexity index is 286. The second-order valence-electron chi connectivity index (χ2n) is 5.98. The quantitative estimate of drug-likeness (QED) is 0.365. The molecule has 0 aliphatic rings. The molecule has 0 bridgehead atoms. The predicted octanol–water partition coefficient (Wildman–Crippen LogP) is 5.57. The van der Waals surface area contributed by atoms with E-state index < -0.39 is 0 Å². The number of allylic oxidation sites excluding steroid dienone is 4. The summed E-state index contributed by atoms with van der Waals surface area (Å²) in [6.45, 7) is 10.5. The zero-order valence-corrected chi connectivity index (χ0v) is 15.1. The predicted molar refractivity (Wildman–Crippen MR) is 99.1 cm³/mol. The van der Waals surface area contributed by atoms with Crippen molar-refractivity contribution in [2.24, 2.45) is 0 Å². The summed E-state index contributed by atoms with van der Waals surface area (Å²) in [7, 11) is 0. The van der Waals surface area contributed by atoms with Crippen LogP contribution >= 0.6 is 0 Å². The average Bonchev–Trinajstić information content (AvgIpc) is 2.47. The van der Waals surface area contributed by atoms with Gasteiger partial charge in [0.1, 0.15) is 0 Å². The molecule has 130 valence electrons. The number of hydrogen-bond acceptors (Lipinski definition) is 2. The molecule has 22 heavy (non-hydrogen) atoms. The van der Waals surface area contributed by atoms with Gasteiger partial charge >= 0.3 is 0 Å². The molecule has 0 aliphatic heterocycles. The van der Waals surface area contributed by atoms with E-state index >= 15 is 0 Å². The molecule has 0 radical (unpaired) electrons. The van der Waals surface area contributed by atoms with Crippen LogP contribution in [-0.4, -0.2) is 23.4 Å². The van der Waals surface area contributed by atoms with Crippen molar-refractivity contribution in [1.82, 2.24) is 0 Å². The molecule has 0 unspecified atom stereocenters. The SMILES string of the molecule is C=CCCCCCCCCO.CC(C)=CCCC(C)=CCO. The molecule has 0 rings (SSSR count). The molecule has 0 atom stereocenters. The molecule has 0 aromatic heterocycles. The standard InChI is InChI=1S/C10H18O.C10H20O/c1-9(2)5-4-6-10(3)7-8-11;1-2-3-4-5-6-7-8-9-10-11/h5,7,11H,4,6,8H2,1-3H3;2,11H,1,3-10H2. The molecule has 2 N–H and O–H groups in total. The Balaban J connectivity index is 0. The summed E-state index contributed by atoms with van der Waals surface area (Å²) >= 11 is 0. The Kier molecular flexibility index (Phi) is 21.4. The van der Waals surface area contributed by atoms with E-state index in [0.29, 0.717) is 6.61 Å². The molecule has 0 aliphatic carbocycles. The topological polar surface area (TPSA) is 40.5 Å². The van der Waals surface area contributed by atoms with Gasteiger partial charge in [-0.3, -0.25) is 0 Å². The van der Waals surface area contributed by atoms with E-state index in [1.165, 1.54) is 43.3 Å². The van der Waals surface area contributed by atoms with Crippen molar-refractivity contribution in [1.29, 1.82) is 0 Å². The summed E-state index contributed by atoms with van der Waals surface area (Å²) < 4.78 is 0. The van der Waals surface area contributed by atoms with Crippen molar-refractivity contribution in [3.05, 3.63) is 36.0 Å². The Morgan fingerprint density at radius 3 is 1.91 bits per heavy atom. The number of rotatable bonds is 12. The van der Waals surface area contributed by atoms with Crippen LogP contribution in [0.4, 0.5) is 0 Å². The molecule has 0 heterocycles. The van der Waals surface area contributed by atoms with Crippen LogP contribution in [0.5, 0.6) is 0 Å². The van der Waals surface area contributed by atoms with Gasteiger partial charge in [0, 0.05) is 6.61 Å². The molecular weight excluding hydrogens is 272 g/mol. The van der Waals surface area contributed by atoms with Crippen molar-refractivity contribution in [2.45, 2.75) is 78.6 Å². The van der Waals surface area contributed by atoms with Crippen molar-refractivity contribution in [3.63, 3.8) is 0 Å². The largest absolute Gasteiger partial charge is 0.396 e. The maximum Gasteiger partial charge on any atom is 0.0614 e. The number of unbranched alkanes of at least 4 members (excludes halogenated alkanes) is 6. The molecule has 0 saturated heterocycles. The minimum atomic E-state index is 0.167. The van der Waals surface area contributed by atoms with E-state index in [9.17, 15) is 0 Å². The van der Waals surface area contributed by atoms with E-state index in [-0.39, 0.29) is 6.61 Å². The van der Waals surface area contributed by atoms with Gasteiger partial charge in [-0.2, -0.15) is 0 Å². The van der Waals surface area contributed by atoms with Gasteiger partial charge in [0.2, 0.25) is 0 Å². The highest BCUT2D eigenvalue weighted by Crippen LogP contribution is 2.07. The number of hydrogen-bond donors (Lipinski definition) is 2. The van der Waals surface area contributed by atoms with Crippen LogP contribution in [0.15, 0.2) is 36.0 Å². The van der Waals surface area contributed by atoms with E-state index in [4.69, 9.17) is 10.2 Å². The first-order valence-electron chi connectivity index (χ1n) is 8.70. The fourth-order valence-corrected chi connectivity index (χ4v) is 1.95. The third-order valence-electron chi connectivity index (χ3n) is 3.35. The van der Waals surface area contributed by atoms with Crippen molar-refractivity contribution in [2.75, 3.05) is 13.2 Å². The Morgan fingerprint density at radius 1 is 0.818 bits per heavy atom. The van der Waals surface area contributed by atoms with Gasteiger partial charge in [-0.1, -0.05) is 55.1 Å². The van der Waals surface area contributed by atoms with Crippen LogP contribution in [-0.2, 0) is 0 Å². The van der Waals surface area contributed by atoms with Gasteiger partial charge in [0.15, 0.2) is 0 Å². The van der Waals surface area contributed by atoms with E-state index in [1.54, 1.807) is 0 Å². The first kappa shape index (κ1) is 23.4. The van der Waals surface area contributed by atoms with Gasteiger partial charge in [0.05, 0.1) is 6.61 Å². The van der Waals surface area contributed by atoms with Gasteiger partial charge < -0.3 is 10.2 Å². The minimum Gasteiger partial charge on any atom is -0.396 e. The maximum atomic E-state index is 8.55. The lowest BCUT2D eigenvalue weighted by Gasteiger charge is -1.97. The van der Waals surface area contributed by atoms with Gasteiger partial charge in [-0.25, -0.2) is 0 Å². The zero-order valence-electron chi connectivity index (χ0n) is 15.1.